The van der Waals surface area contributed by atoms with Crippen molar-refractivity contribution in [2.45, 2.75) is 32.9 Å². The molecule has 0 spiro atoms. The topological polar surface area (TPSA) is 54.3 Å². The fourth-order valence-electron chi connectivity index (χ4n) is 3.26. The van der Waals surface area contributed by atoms with Gasteiger partial charge < -0.3 is 14.8 Å². The van der Waals surface area contributed by atoms with Gasteiger partial charge in [0.25, 0.3) is 5.91 Å². The summed E-state index contributed by atoms with van der Waals surface area (Å²) in [5, 5.41) is 3.00. The van der Waals surface area contributed by atoms with Crippen LogP contribution in [0.4, 0.5) is 0 Å². The Labute approximate surface area is 148 Å². The standard InChI is InChI=1S/C20H25N3O2/c1-15(2)13-23-18(14-22-12-6-9-17(22)20(23)25)19(24)21-11-10-16-7-4-3-5-8-16/h3-9,12,15,18H,10-11,13-14H2,1-2H3,(H,21,24). The van der Waals surface area contributed by atoms with Crippen molar-refractivity contribution in [3.05, 3.63) is 59.9 Å². The zero-order chi connectivity index (χ0) is 17.8. The summed E-state index contributed by atoms with van der Waals surface area (Å²) >= 11 is 0. The number of carbonyl (C=O) groups is 2. The number of hydrogen-bond acceptors (Lipinski definition) is 2. The minimum absolute atomic E-state index is 0.0619. The maximum absolute atomic E-state index is 12.7. The first-order valence-electron chi connectivity index (χ1n) is 8.84. The molecule has 2 heterocycles. The highest BCUT2D eigenvalue weighted by atomic mass is 16.2. The van der Waals surface area contributed by atoms with Crippen molar-refractivity contribution in [2.75, 3.05) is 13.1 Å². The first kappa shape index (κ1) is 17.3. The third-order valence-corrected chi connectivity index (χ3v) is 4.48. The number of fused-ring (bicyclic) bond motifs is 1. The second kappa shape index (κ2) is 7.55. The fourth-order valence-corrected chi connectivity index (χ4v) is 3.26. The monoisotopic (exact) mass is 339 g/mol. The van der Waals surface area contributed by atoms with Crippen LogP contribution in [0.3, 0.4) is 0 Å². The number of carbonyl (C=O) groups excluding carboxylic acids is 2. The zero-order valence-electron chi connectivity index (χ0n) is 14.8. The van der Waals surface area contributed by atoms with Crippen LogP contribution in [0.25, 0.3) is 0 Å². The number of hydrogen-bond donors (Lipinski definition) is 1. The van der Waals surface area contributed by atoms with Crippen LogP contribution >= 0.6 is 0 Å². The van der Waals surface area contributed by atoms with E-state index in [-0.39, 0.29) is 11.8 Å². The molecule has 0 fully saturated rings. The minimum atomic E-state index is -0.453. The van der Waals surface area contributed by atoms with E-state index in [4.69, 9.17) is 0 Å². The van der Waals surface area contributed by atoms with Gasteiger partial charge in [-0.05, 0) is 30.0 Å². The van der Waals surface area contributed by atoms with E-state index < -0.39 is 6.04 Å². The van der Waals surface area contributed by atoms with E-state index in [1.54, 1.807) is 4.90 Å². The summed E-state index contributed by atoms with van der Waals surface area (Å²) in [7, 11) is 0. The highest BCUT2D eigenvalue weighted by Crippen LogP contribution is 2.20. The SMILES string of the molecule is CC(C)CN1C(=O)c2cccn2CC1C(=O)NCCc1ccccc1. The summed E-state index contributed by atoms with van der Waals surface area (Å²) in [6.07, 6.45) is 2.65. The Morgan fingerprint density at radius 3 is 2.68 bits per heavy atom. The molecular formula is C20H25N3O2. The van der Waals surface area contributed by atoms with E-state index in [2.05, 4.69) is 19.2 Å². The molecule has 0 saturated carbocycles. The van der Waals surface area contributed by atoms with E-state index in [9.17, 15) is 9.59 Å². The van der Waals surface area contributed by atoms with Gasteiger partial charge >= 0.3 is 0 Å². The molecule has 1 aromatic heterocycles. The molecule has 3 rings (SSSR count). The van der Waals surface area contributed by atoms with Crippen molar-refractivity contribution in [2.24, 2.45) is 5.92 Å². The van der Waals surface area contributed by atoms with Crippen molar-refractivity contribution >= 4 is 11.8 Å². The number of rotatable bonds is 6. The molecule has 0 bridgehead atoms. The quantitative estimate of drug-likeness (QED) is 0.878. The van der Waals surface area contributed by atoms with E-state index in [1.807, 2.05) is 53.2 Å². The number of amides is 2. The normalized spacial score (nSPS) is 16.8. The number of nitrogens with zero attached hydrogens (tertiary/aromatic N) is 2. The third-order valence-electron chi connectivity index (χ3n) is 4.48. The Bertz CT molecular complexity index is 736. The molecule has 0 aliphatic carbocycles. The van der Waals surface area contributed by atoms with Gasteiger partial charge in [0, 0.05) is 19.3 Å². The molecule has 1 N–H and O–H groups in total. The maximum atomic E-state index is 12.7. The number of benzene rings is 1. The first-order chi connectivity index (χ1) is 12.1. The van der Waals surface area contributed by atoms with Crippen LogP contribution in [-0.2, 0) is 17.8 Å². The minimum Gasteiger partial charge on any atom is -0.354 e. The van der Waals surface area contributed by atoms with Gasteiger partial charge in [0.2, 0.25) is 5.91 Å². The lowest BCUT2D eigenvalue weighted by molar-refractivity contribution is -0.126. The molecular weight excluding hydrogens is 314 g/mol. The maximum Gasteiger partial charge on any atom is 0.271 e. The van der Waals surface area contributed by atoms with Gasteiger partial charge in [0.05, 0.1) is 6.54 Å². The molecule has 0 radical (unpaired) electrons. The van der Waals surface area contributed by atoms with Crippen LogP contribution in [-0.4, -0.2) is 40.4 Å². The molecule has 1 aliphatic heterocycles. The van der Waals surface area contributed by atoms with Gasteiger partial charge in [-0.15, -0.1) is 0 Å². The van der Waals surface area contributed by atoms with Crippen LogP contribution in [0.15, 0.2) is 48.7 Å². The second-order valence-electron chi connectivity index (χ2n) is 6.94. The Hall–Kier alpha value is -2.56. The lowest BCUT2D eigenvalue weighted by Crippen LogP contribution is -2.56. The summed E-state index contributed by atoms with van der Waals surface area (Å²) in [6.45, 7) is 5.79. The van der Waals surface area contributed by atoms with Crippen molar-refractivity contribution in [1.82, 2.24) is 14.8 Å². The lowest BCUT2D eigenvalue weighted by Gasteiger charge is -2.36. The van der Waals surface area contributed by atoms with Gasteiger partial charge in [0.1, 0.15) is 11.7 Å². The zero-order valence-corrected chi connectivity index (χ0v) is 14.8. The first-order valence-corrected chi connectivity index (χ1v) is 8.84. The van der Waals surface area contributed by atoms with Crippen molar-refractivity contribution in [3.63, 3.8) is 0 Å². The molecule has 1 aliphatic rings. The Morgan fingerprint density at radius 2 is 1.96 bits per heavy atom. The Kier molecular flexibility index (Phi) is 5.22. The number of nitrogens with one attached hydrogen (secondary N) is 1. The van der Waals surface area contributed by atoms with Gasteiger partial charge in [-0.3, -0.25) is 9.59 Å². The fraction of sp³-hybridized carbons (Fsp3) is 0.400. The van der Waals surface area contributed by atoms with E-state index in [1.165, 1.54) is 5.56 Å². The van der Waals surface area contributed by atoms with Gasteiger partial charge in [0.15, 0.2) is 0 Å². The molecule has 0 saturated heterocycles. The largest absolute Gasteiger partial charge is 0.354 e. The van der Waals surface area contributed by atoms with Crippen molar-refractivity contribution in [1.29, 1.82) is 0 Å². The molecule has 1 atom stereocenters. The average Bonchev–Trinajstić information content (AvgIpc) is 3.06. The van der Waals surface area contributed by atoms with Gasteiger partial charge in [-0.2, -0.15) is 0 Å². The van der Waals surface area contributed by atoms with Crippen molar-refractivity contribution < 1.29 is 9.59 Å². The molecule has 1 aromatic carbocycles. The van der Waals surface area contributed by atoms with E-state index in [0.717, 1.165) is 6.42 Å². The lowest BCUT2D eigenvalue weighted by atomic mass is 10.1. The summed E-state index contributed by atoms with van der Waals surface area (Å²) < 4.78 is 1.88. The Morgan fingerprint density at radius 1 is 1.20 bits per heavy atom. The highest BCUT2D eigenvalue weighted by molar-refractivity contribution is 5.97. The van der Waals surface area contributed by atoms with E-state index in [0.29, 0.717) is 31.2 Å². The summed E-state index contributed by atoms with van der Waals surface area (Å²) in [5.41, 5.74) is 1.85. The van der Waals surface area contributed by atoms with Crippen molar-refractivity contribution in [3.8, 4) is 0 Å². The third kappa shape index (κ3) is 3.92. The van der Waals surface area contributed by atoms with Gasteiger partial charge in [-0.1, -0.05) is 44.2 Å². The predicted molar refractivity (Wildman–Crippen MR) is 97.3 cm³/mol. The van der Waals surface area contributed by atoms with Crippen LogP contribution < -0.4 is 5.32 Å². The highest BCUT2D eigenvalue weighted by Gasteiger charge is 2.36. The smallest absolute Gasteiger partial charge is 0.271 e. The molecule has 2 amide bonds. The van der Waals surface area contributed by atoms with E-state index >= 15 is 0 Å². The summed E-state index contributed by atoms with van der Waals surface area (Å²) in [5.74, 6) is 0.169. The molecule has 2 aromatic rings. The average molecular weight is 339 g/mol. The van der Waals surface area contributed by atoms with Gasteiger partial charge in [-0.25, -0.2) is 0 Å². The molecule has 5 heteroatoms. The molecule has 132 valence electrons. The van der Waals surface area contributed by atoms with Crippen LogP contribution in [0.5, 0.6) is 0 Å². The second-order valence-corrected chi connectivity index (χ2v) is 6.94. The van der Waals surface area contributed by atoms with Crippen LogP contribution in [0.2, 0.25) is 0 Å². The van der Waals surface area contributed by atoms with Crippen LogP contribution in [0.1, 0.15) is 29.9 Å². The summed E-state index contributed by atoms with van der Waals surface area (Å²) in [4.78, 5) is 27.2. The van der Waals surface area contributed by atoms with Crippen LogP contribution in [0, 0.1) is 5.92 Å². The summed E-state index contributed by atoms with van der Waals surface area (Å²) in [6, 6.07) is 13.3. The molecule has 25 heavy (non-hydrogen) atoms. The Balaban J connectivity index is 1.67. The number of aromatic nitrogens is 1. The molecule has 1 unspecified atom stereocenters. The predicted octanol–water partition coefficient (Wildman–Crippen LogP) is 2.33. The molecule has 5 nitrogen and oxygen atoms in total.